The van der Waals surface area contributed by atoms with Crippen LogP contribution in [0.25, 0.3) is 0 Å². The molecule has 0 saturated heterocycles. The minimum Gasteiger partial charge on any atom is -0.322 e. The van der Waals surface area contributed by atoms with Crippen molar-refractivity contribution in [1.29, 1.82) is 0 Å². The molecule has 0 unspecified atom stereocenters. The lowest BCUT2D eigenvalue weighted by atomic mass is 9.86. The predicted molar refractivity (Wildman–Crippen MR) is 96.4 cm³/mol. The minimum atomic E-state index is -0.590. The third-order valence-electron chi connectivity index (χ3n) is 4.35. The zero-order valence-corrected chi connectivity index (χ0v) is 13.9. The smallest absolute Gasteiger partial charge is 0.255 e. The van der Waals surface area contributed by atoms with Gasteiger partial charge in [-0.3, -0.25) is 9.59 Å². The Morgan fingerprint density at radius 3 is 2.58 bits per heavy atom. The van der Waals surface area contributed by atoms with E-state index in [1.54, 1.807) is 23.1 Å². The van der Waals surface area contributed by atoms with Crippen molar-refractivity contribution in [2.24, 2.45) is 0 Å². The highest BCUT2D eigenvalue weighted by atomic mass is 16.2. The Morgan fingerprint density at radius 1 is 1.21 bits per heavy atom. The standard InChI is InChI=1S/C20H20N2O2/c1-4-12-22-17-13-14(10-11-16(17)20(2,3)19(22)24)18(23)21-15-8-6-5-7-9-15/h4-11,13H,1,12H2,2-3H3,(H,21,23). The topological polar surface area (TPSA) is 49.4 Å². The van der Waals surface area contributed by atoms with Gasteiger partial charge in [-0.15, -0.1) is 6.58 Å². The summed E-state index contributed by atoms with van der Waals surface area (Å²) in [6.07, 6.45) is 1.69. The van der Waals surface area contributed by atoms with Crippen molar-refractivity contribution in [2.45, 2.75) is 19.3 Å². The number of para-hydroxylation sites is 1. The van der Waals surface area contributed by atoms with Crippen LogP contribution in [-0.2, 0) is 10.2 Å². The average molecular weight is 320 g/mol. The van der Waals surface area contributed by atoms with Gasteiger partial charge in [0.2, 0.25) is 5.91 Å². The highest BCUT2D eigenvalue weighted by Crippen LogP contribution is 2.41. The molecule has 0 saturated carbocycles. The summed E-state index contributed by atoms with van der Waals surface area (Å²) in [5.74, 6) is -0.169. The predicted octanol–water partition coefficient (Wildman–Crippen LogP) is 3.75. The van der Waals surface area contributed by atoms with Gasteiger partial charge in [-0.05, 0) is 43.7 Å². The van der Waals surface area contributed by atoms with E-state index in [1.807, 2.05) is 50.2 Å². The fourth-order valence-electron chi connectivity index (χ4n) is 3.02. The monoisotopic (exact) mass is 320 g/mol. The van der Waals surface area contributed by atoms with Crippen LogP contribution in [0.2, 0.25) is 0 Å². The Bertz CT molecular complexity index is 810. The number of rotatable bonds is 4. The third kappa shape index (κ3) is 2.60. The first-order chi connectivity index (χ1) is 11.4. The van der Waals surface area contributed by atoms with Crippen molar-refractivity contribution in [1.82, 2.24) is 0 Å². The zero-order chi connectivity index (χ0) is 17.3. The maximum absolute atomic E-state index is 12.6. The molecule has 122 valence electrons. The normalized spacial score (nSPS) is 15.1. The van der Waals surface area contributed by atoms with Crippen molar-refractivity contribution in [3.05, 3.63) is 72.3 Å². The number of nitrogens with one attached hydrogen (secondary N) is 1. The van der Waals surface area contributed by atoms with Gasteiger partial charge < -0.3 is 10.2 Å². The van der Waals surface area contributed by atoms with Gasteiger partial charge in [0.15, 0.2) is 0 Å². The number of fused-ring (bicyclic) bond motifs is 1. The molecule has 1 N–H and O–H groups in total. The molecule has 4 heteroatoms. The number of anilines is 2. The number of hydrogen-bond donors (Lipinski definition) is 1. The number of carbonyl (C=O) groups is 2. The van der Waals surface area contributed by atoms with Crippen LogP contribution in [-0.4, -0.2) is 18.4 Å². The second-order valence-corrected chi connectivity index (χ2v) is 6.38. The van der Waals surface area contributed by atoms with Gasteiger partial charge >= 0.3 is 0 Å². The van der Waals surface area contributed by atoms with Crippen molar-refractivity contribution < 1.29 is 9.59 Å². The van der Waals surface area contributed by atoms with E-state index in [2.05, 4.69) is 11.9 Å². The van der Waals surface area contributed by atoms with Crippen LogP contribution in [0.3, 0.4) is 0 Å². The van der Waals surface area contributed by atoms with E-state index >= 15 is 0 Å². The molecular formula is C20H20N2O2. The molecule has 0 bridgehead atoms. The summed E-state index contributed by atoms with van der Waals surface area (Å²) in [5.41, 5.74) is 2.39. The third-order valence-corrected chi connectivity index (χ3v) is 4.35. The van der Waals surface area contributed by atoms with Crippen LogP contribution >= 0.6 is 0 Å². The first kappa shape index (κ1) is 16.0. The van der Waals surface area contributed by atoms with Crippen LogP contribution in [0.4, 0.5) is 11.4 Å². The molecule has 0 atom stereocenters. The Kier molecular flexibility index (Phi) is 3.97. The molecule has 1 heterocycles. The van der Waals surface area contributed by atoms with E-state index in [9.17, 15) is 9.59 Å². The van der Waals surface area contributed by atoms with Crippen LogP contribution in [0.15, 0.2) is 61.2 Å². The molecule has 2 aromatic rings. The van der Waals surface area contributed by atoms with Gasteiger partial charge in [0, 0.05) is 23.5 Å². The molecule has 0 aliphatic carbocycles. The fraction of sp³-hybridized carbons (Fsp3) is 0.200. The molecule has 4 nitrogen and oxygen atoms in total. The van der Waals surface area contributed by atoms with Crippen LogP contribution in [0, 0.1) is 0 Å². The van der Waals surface area contributed by atoms with Crippen molar-refractivity contribution in [2.75, 3.05) is 16.8 Å². The highest BCUT2D eigenvalue weighted by Gasteiger charge is 2.43. The fourth-order valence-corrected chi connectivity index (χ4v) is 3.02. The van der Waals surface area contributed by atoms with Gasteiger partial charge in [0.25, 0.3) is 5.91 Å². The molecule has 1 aliphatic heterocycles. The van der Waals surface area contributed by atoms with E-state index in [0.717, 1.165) is 16.9 Å². The van der Waals surface area contributed by atoms with E-state index in [4.69, 9.17) is 0 Å². The SMILES string of the molecule is C=CCN1C(=O)C(C)(C)c2ccc(C(=O)Nc3ccccc3)cc21. The van der Waals surface area contributed by atoms with E-state index in [-0.39, 0.29) is 11.8 Å². The number of carbonyl (C=O) groups excluding carboxylic acids is 2. The second-order valence-electron chi connectivity index (χ2n) is 6.38. The van der Waals surface area contributed by atoms with Crippen molar-refractivity contribution in [3.8, 4) is 0 Å². The maximum atomic E-state index is 12.6. The van der Waals surface area contributed by atoms with Crippen LogP contribution < -0.4 is 10.2 Å². The Labute approximate surface area is 141 Å². The summed E-state index contributed by atoms with van der Waals surface area (Å²) in [7, 11) is 0. The van der Waals surface area contributed by atoms with Gasteiger partial charge in [0.1, 0.15) is 0 Å². The summed E-state index contributed by atoms with van der Waals surface area (Å²) in [6, 6.07) is 14.7. The molecule has 0 radical (unpaired) electrons. The lowest BCUT2D eigenvalue weighted by molar-refractivity contribution is -0.122. The Hall–Kier alpha value is -2.88. The molecule has 24 heavy (non-hydrogen) atoms. The molecule has 1 aliphatic rings. The number of nitrogens with zero attached hydrogens (tertiary/aromatic N) is 1. The minimum absolute atomic E-state index is 0.0259. The lowest BCUT2D eigenvalue weighted by Crippen LogP contribution is -2.36. The molecule has 0 fully saturated rings. The summed E-state index contributed by atoms with van der Waals surface area (Å²) in [6.45, 7) is 7.96. The Balaban J connectivity index is 1.95. The largest absolute Gasteiger partial charge is 0.322 e. The first-order valence-corrected chi connectivity index (χ1v) is 7.89. The summed E-state index contributed by atoms with van der Waals surface area (Å²) < 4.78 is 0. The molecule has 2 amide bonds. The molecule has 0 spiro atoms. The van der Waals surface area contributed by atoms with Gasteiger partial charge in [-0.25, -0.2) is 0 Å². The molecule has 2 aromatic carbocycles. The summed E-state index contributed by atoms with van der Waals surface area (Å²) >= 11 is 0. The van der Waals surface area contributed by atoms with Gasteiger partial charge in [-0.1, -0.05) is 30.3 Å². The number of hydrogen-bond acceptors (Lipinski definition) is 2. The lowest BCUT2D eigenvalue weighted by Gasteiger charge is -2.18. The maximum Gasteiger partial charge on any atom is 0.255 e. The quantitative estimate of drug-likeness (QED) is 0.872. The summed E-state index contributed by atoms with van der Waals surface area (Å²) in [5, 5.41) is 2.87. The van der Waals surface area contributed by atoms with E-state index in [1.165, 1.54) is 0 Å². The van der Waals surface area contributed by atoms with E-state index in [0.29, 0.717) is 12.1 Å². The average Bonchev–Trinajstić information content (AvgIpc) is 2.77. The zero-order valence-electron chi connectivity index (χ0n) is 13.9. The van der Waals surface area contributed by atoms with Crippen LogP contribution in [0.1, 0.15) is 29.8 Å². The Morgan fingerprint density at radius 2 is 1.92 bits per heavy atom. The molecular weight excluding hydrogens is 300 g/mol. The first-order valence-electron chi connectivity index (χ1n) is 7.89. The highest BCUT2D eigenvalue weighted by molar-refractivity contribution is 6.10. The van der Waals surface area contributed by atoms with Crippen molar-refractivity contribution in [3.63, 3.8) is 0 Å². The van der Waals surface area contributed by atoms with Crippen LogP contribution in [0.5, 0.6) is 0 Å². The second kappa shape index (κ2) is 5.96. The summed E-state index contributed by atoms with van der Waals surface area (Å²) in [4.78, 5) is 26.8. The van der Waals surface area contributed by atoms with Gasteiger partial charge in [-0.2, -0.15) is 0 Å². The van der Waals surface area contributed by atoms with Gasteiger partial charge in [0.05, 0.1) is 5.41 Å². The molecule has 0 aromatic heterocycles. The van der Waals surface area contributed by atoms with Crippen molar-refractivity contribution >= 4 is 23.2 Å². The van der Waals surface area contributed by atoms with E-state index < -0.39 is 5.41 Å². The molecule has 3 rings (SSSR count). The number of amides is 2. The number of benzene rings is 2.